The molecule has 1 N–H and O–H groups in total. The third-order valence-electron chi connectivity index (χ3n) is 6.24. The van der Waals surface area contributed by atoms with E-state index in [1.165, 1.54) is 77.0 Å². The zero-order valence-electron chi connectivity index (χ0n) is 25.0. The summed E-state index contributed by atoms with van der Waals surface area (Å²) in [7, 11) is 1.63. The van der Waals surface area contributed by atoms with Gasteiger partial charge >= 0.3 is 13.8 Å². The fourth-order valence-corrected chi connectivity index (χ4v) is 4.58. The number of likely N-dealkylation sites (N-methyl/N-ethyl adjacent to an activating group) is 1. The SMILES string of the molecule is C=CCCC(=O)O[C@H](COCCCCCCCCCCCCCCCC)COP(=O)(O)OCC[N+](C)(C)C. The smallest absolute Gasteiger partial charge is 0.457 e. The fraction of sp³-hybridized carbons (Fsp3) is 0.897. The van der Waals surface area contributed by atoms with Crippen molar-refractivity contribution in [2.45, 2.75) is 116 Å². The van der Waals surface area contributed by atoms with Crippen LogP contribution in [0.5, 0.6) is 0 Å². The number of phosphoric acid groups is 1. The number of hydrogen-bond acceptors (Lipinski definition) is 6. The van der Waals surface area contributed by atoms with Crippen LogP contribution in [0.15, 0.2) is 12.7 Å². The highest BCUT2D eigenvalue weighted by molar-refractivity contribution is 7.47. The molecule has 0 radical (unpaired) electrons. The first-order chi connectivity index (χ1) is 18.1. The molecule has 0 spiro atoms. The standard InChI is InChI=1S/C29H58NO7P/c1-6-8-10-11-12-13-14-15-16-17-18-19-20-21-24-34-26-28(37-29(31)22-9-7-2)27-36-38(32,33)35-25-23-30(3,4)5/h7,28H,2,6,8-27H2,1,3-5H3/p+1/t28-/m1/s1. The van der Waals surface area contributed by atoms with Crippen molar-refractivity contribution >= 4 is 13.8 Å². The second-order valence-electron chi connectivity index (χ2n) is 11.2. The molecule has 0 bridgehead atoms. The van der Waals surface area contributed by atoms with Crippen LogP contribution < -0.4 is 0 Å². The number of esters is 1. The predicted octanol–water partition coefficient (Wildman–Crippen LogP) is 7.20. The van der Waals surface area contributed by atoms with E-state index in [1.54, 1.807) is 6.08 Å². The van der Waals surface area contributed by atoms with Gasteiger partial charge in [-0.2, -0.15) is 0 Å². The highest BCUT2D eigenvalue weighted by Crippen LogP contribution is 2.43. The Kier molecular flexibility index (Phi) is 23.6. The fourth-order valence-electron chi connectivity index (χ4n) is 3.84. The zero-order chi connectivity index (χ0) is 28.5. The predicted molar refractivity (Wildman–Crippen MR) is 155 cm³/mol. The number of hydrogen-bond donors (Lipinski definition) is 1. The number of phosphoric ester groups is 1. The molecule has 38 heavy (non-hydrogen) atoms. The largest absolute Gasteiger partial charge is 0.472 e. The Labute approximate surface area is 233 Å². The molecule has 0 aliphatic carbocycles. The Hall–Kier alpha value is -0.760. The highest BCUT2D eigenvalue weighted by Gasteiger charge is 2.26. The van der Waals surface area contributed by atoms with Gasteiger partial charge in [-0.1, -0.05) is 96.5 Å². The average Bonchev–Trinajstić information content (AvgIpc) is 2.84. The minimum absolute atomic E-state index is 0.0801. The molecule has 0 aromatic carbocycles. The van der Waals surface area contributed by atoms with Crippen LogP contribution in [0.1, 0.15) is 110 Å². The van der Waals surface area contributed by atoms with Crippen LogP contribution in [0.2, 0.25) is 0 Å². The van der Waals surface area contributed by atoms with Gasteiger partial charge in [-0.15, -0.1) is 6.58 Å². The number of allylic oxidation sites excluding steroid dienone is 1. The van der Waals surface area contributed by atoms with Crippen LogP contribution in [0.4, 0.5) is 0 Å². The van der Waals surface area contributed by atoms with Crippen molar-refractivity contribution in [3.05, 3.63) is 12.7 Å². The van der Waals surface area contributed by atoms with E-state index < -0.39 is 19.9 Å². The number of carbonyl (C=O) groups excluding carboxylic acids is 1. The Bertz CT molecular complexity index is 625. The molecule has 0 saturated carbocycles. The van der Waals surface area contributed by atoms with Gasteiger partial charge in [-0.25, -0.2) is 4.57 Å². The van der Waals surface area contributed by atoms with E-state index in [1.807, 2.05) is 21.1 Å². The van der Waals surface area contributed by atoms with Gasteiger partial charge in [0, 0.05) is 13.0 Å². The summed E-state index contributed by atoms with van der Waals surface area (Å²) >= 11 is 0. The third-order valence-corrected chi connectivity index (χ3v) is 7.22. The summed E-state index contributed by atoms with van der Waals surface area (Å²) in [6.07, 6.45) is 19.7. The molecule has 0 heterocycles. The molecule has 0 aliphatic heterocycles. The monoisotopic (exact) mass is 564 g/mol. The van der Waals surface area contributed by atoms with Crippen LogP contribution in [0.25, 0.3) is 0 Å². The molecule has 1 unspecified atom stereocenters. The molecule has 0 rings (SSSR count). The van der Waals surface area contributed by atoms with Crippen molar-refractivity contribution in [2.75, 3.05) is 54.1 Å². The van der Waals surface area contributed by atoms with Crippen molar-refractivity contribution < 1.29 is 37.3 Å². The summed E-state index contributed by atoms with van der Waals surface area (Å²) in [5, 5.41) is 0. The Morgan fingerprint density at radius 2 is 1.37 bits per heavy atom. The van der Waals surface area contributed by atoms with Crippen LogP contribution in [0, 0.1) is 0 Å². The summed E-state index contributed by atoms with van der Waals surface area (Å²) in [6, 6.07) is 0. The minimum atomic E-state index is -4.25. The molecular formula is C29H59NO7P+. The van der Waals surface area contributed by atoms with Gasteiger partial charge < -0.3 is 18.9 Å². The summed E-state index contributed by atoms with van der Waals surface area (Å²) < 4.78 is 34.0. The van der Waals surface area contributed by atoms with Gasteiger partial charge in [-0.3, -0.25) is 13.8 Å². The first kappa shape index (κ1) is 37.2. The summed E-state index contributed by atoms with van der Waals surface area (Å²) in [5.41, 5.74) is 0. The quantitative estimate of drug-likeness (QED) is 0.0353. The molecule has 2 atom stereocenters. The summed E-state index contributed by atoms with van der Waals surface area (Å²) in [6.45, 7) is 6.89. The molecule has 0 fully saturated rings. The average molecular weight is 565 g/mol. The van der Waals surface area contributed by atoms with Gasteiger partial charge in [0.05, 0.1) is 34.4 Å². The number of unbranched alkanes of at least 4 members (excludes halogenated alkanes) is 13. The van der Waals surface area contributed by atoms with Crippen LogP contribution in [0.3, 0.4) is 0 Å². The maximum atomic E-state index is 12.2. The molecule has 0 aliphatic rings. The molecule has 0 aromatic heterocycles. The van der Waals surface area contributed by atoms with E-state index in [-0.39, 0.29) is 26.2 Å². The second kappa shape index (κ2) is 24.1. The van der Waals surface area contributed by atoms with Crippen LogP contribution >= 0.6 is 7.82 Å². The normalized spacial score (nSPS) is 14.2. The molecule has 0 saturated heterocycles. The first-order valence-electron chi connectivity index (χ1n) is 14.9. The molecular weight excluding hydrogens is 505 g/mol. The maximum Gasteiger partial charge on any atom is 0.472 e. The van der Waals surface area contributed by atoms with Crippen molar-refractivity contribution in [2.24, 2.45) is 0 Å². The second-order valence-corrected chi connectivity index (χ2v) is 12.7. The Morgan fingerprint density at radius 1 is 0.842 bits per heavy atom. The lowest BCUT2D eigenvalue weighted by molar-refractivity contribution is -0.870. The van der Waals surface area contributed by atoms with E-state index in [0.29, 0.717) is 24.1 Å². The molecule has 0 aromatic rings. The number of ether oxygens (including phenoxy) is 2. The van der Waals surface area contributed by atoms with Crippen molar-refractivity contribution in [1.29, 1.82) is 0 Å². The van der Waals surface area contributed by atoms with Gasteiger partial charge in [-0.05, 0) is 12.8 Å². The number of quaternary nitrogens is 1. The van der Waals surface area contributed by atoms with E-state index in [4.69, 9.17) is 18.5 Å². The molecule has 226 valence electrons. The van der Waals surface area contributed by atoms with Gasteiger partial charge in [0.2, 0.25) is 0 Å². The minimum Gasteiger partial charge on any atom is -0.457 e. The summed E-state index contributed by atoms with van der Waals surface area (Å²) in [5.74, 6) is -0.419. The summed E-state index contributed by atoms with van der Waals surface area (Å²) in [4.78, 5) is 22.0. The lowest BCUT2D eigenvalue weighted by atomic mass is 10.0. The first-order valence-corrected chi connectivity index (χ1v) is 16.4. The lowest BCUT2D eigenvalue weighted by Gasteiger charge is -2.24. The van der Waals surface area contributed by atoms with Crippen LogP contribution in [-0.4, -0.2) is 75.6 Å². The number of nitrogens with zero attached hydrogens (tertiary/aromatic N) is 1. The number of carbonyl (C=O) groups is 1. The van der Waals surface area contributed by atoms with E-state index in [0.717, 1.165) is 12.8 Å². The third kappa shape index (κ3) is 26.8. The molecule has 0 amide bonds. The van der Waals surface area contributed by atoms with Crippen molar-refractivity contribution in [3.63, 3.8) is 0 Å². The molecule has 8 nitrogen and oxygen atoms in total. The van der Waals surface area contributed by atoms with Gasteiger partial charge in [0.25, 0.3) is 0 Å². The van der Waals surface area contributed by atoms with Crippen molar-refractivity contribution in [1.82, 2.24) is 0 Å². The Balaban J connectivity index is 4.04. The molecule has 9 heteroatoms. The maximum absolute atomic E-state index is 12.2. The van der Waals surface area contributed by atoms with E-state index in [2.05, 4.69) is 13.5 Å². The zero-order valence-corrected chi connectivity index (χ0v) is 25.9. The van der Waals surface area contributed by atoms with Crippen molar-refractivity contribution in [3.8, 4) is 0 Å². The highest BCUT2D eigenvalue weighted by atomic mass is 31.2. The Morgan fingerprint density at radius 3 is 1.87 bits per heavy atom. The number of rotatable bonds is 28. The lowest BCUT2D eigenvalue weighted by Crippen LogP contribution is -2.37. The van der Waals surface area contributed by atoms with E-state index >= 15 is 0 Å². The van der Waals surface area contributed by atoms with Crippen LogP contribution in [-0.2, 0) is 27.9 Å². The topological polar surface area (TPSA) is 91.3 Å². The van der Waals surface area contributed by atoms with Gasteiger partial charge in [0.15, 0.2) is 0 Å². The van der Waals surface area contributed by atoms with Gasteiger partial charge in [0.1, 0.15) is 19.3 Å². The van der Waals surface area contributed by atoms with E-state index in [9.17, 15) is 14.3 Å².